The van der Waals surface area contributed by atoms with Crippen molar-refractivity contribution in [3.8, 4) is 0 Å². The number of rotatable bonds is 1. The summed E-state index contributed by atoms with van der Waals surface area (Å²) in [6.07, 6.45) is 2.64. The smallest absolute Gasteiger partial charge is 1.00 e. The van der Waals surface area contributed by atoms with E-state index in [1.54, 1.807) is 0 Å². The average molecular weight is 69.2 g/mol. The Morgan fingerprint density at radius 2 is 1.40 bits per heavy atom. The molecule has 0 heterocycles. The minimum absolute atomic E-state index is 0. The van der Waals surface area contributed by atoms with E-state index in [1.165, 1.54) is 12.8 Å². The van der Waals surface area contributed by atoms with Gasteiger partial charge < -0.3 is 2.85 Å². The Morgan fingerprint density at radius 3 is 1.40 bits per heavy atom. The van der Waals surface area contributed by atoms with Crippen LogP contribution in [-0.2, 0) is 0 Å². The zero-order valence-corrected chi connectivity index (χ0v) is 4.12. The van der Waals surface area contributed by atoms with Crippen molar-refractivity contribution in [3.63, 3.8) is 0 Å². The van der Waals surface area contributed by atoms with Crippen molar-refractivity contribution in [2.24, 2.45) is 0 Å². The molecule has 0 aliphatic carbocycles. The van der Waals surface area contributed by atoms with Crippen molar-refractivity contribution in [2.45, 2.75) is 26.7 Å². The van der Waals surface area contributed by atoms with Gasteiger partial charge >= 0.3 is 10.1 Å². The molecule has 0 amide bonds. The van der Waals surface area contributed by atoms with Crippen molar-refractivity contribution < 1.29 is 2.85 Å². The first-order valence-electron chi connectivity index (χ1n) is 1.91. The maximum absolute atomic E-state index is 2.18. The van der Waals surface area contributed by atoms with Crippen LogP contribution in [0.4, 0.5) is 0 Å². The van der Waals surface area contributed by atoms with Gasteiger partial charge in [0.15, 0.2) is 0 Å². The summed E-state index contributed by atoms with van der Waals surface area (Å²) < 4.78 is 0. The molecular formula is C4H12Be. The van der Waals surface area contributed by atoms with E-state index in [2.05, 4.69) is 13.8 Å². The van der Waals surface area contributed by atoms with Gasteiger partial charge in [-0.1, -0.05) is 26.7 Å². The van der Waals surface area contributed by atoms with Crippen LogP contribution in [0.3, 0.4) is 0 Å². The van der Waals surface area contributed by atoms with Gasteiger partial charge in [0.25, 0.3) is 0 Å². The molecule has 0 rings (SSSR count). The Bertz CT molecular complexity index is 11.7. The molecule has 0 bridgehead atoms. The van der Waals surface area contributed by atoms with E-state index >= 15 is 0 Å². The van der Waals surface area contributed by atoms with E-state index in [1.807, 2.05) is 0 Å². The Hall–Kier alpha value is 0.169. The molecule has 0 unspecified atom stereocenters. The van der Waals surface area contributed by atoms with Crippen molar-refractivity contribution in [1.29, 1.82) is 0 Å². The normalized spacial score (nSPS) is 6.00. The number of unbranched alkanes of at least 4 members (excludes halogenated alkanes) is 1. The molecule has 0 aliphatic rings. The average Bonchev–Trinajstić information content (AvgIpc) is 1.37. The van der Waals surface area contributed by atoms with Crippen molar-refractivity contribution in [1.82, 2.24) is 0 Å². The van der Waals surface area contributed by atoms with Crippen LogP contribution in [-0.4, -0.2) is 10.1 Å². The Labute approximate surface area is 40.8 Å². The van der Waals surface area contributed by atoms with Gasteiger partial charge in [-0.25, -0.2) is 0 Å². The van der Waals surface area contributed by atoms with Gasteiger partial charge in [0.1, 0.15) is 0 Å². The number of hydrogen-bond acceptors (Lipinski definition) is 0. The van der Waals surface area contributed by atoms with Gasteiger partial charge in [-0.15, -0.1) is 0 Å². The van der Waals surface area contributed by atoms with Crippen LogP contribution in [0.2, 0.25) is 0 Å². The fraction of sp³-hybridized carbons (Fsp3) is 1.00. The summed E-state index contributed by atoms with van der Waals surface area (Å²) in [6, 6.07) is 0. The van der Waals surface area contributed by atoms with Crippen molar-refractivity contribution in [3.05, 3.63) is 0 Å². The van der Waals surface area contributed by atoms with E-state index in [4.69, 9.17) is 0 Å². The van der Waals surface area contributed by atoms with Gasteiger partial charge in [0.05, 0.1) is 0 Å². The van der Waals surface area contributed by atoms with Crippen molar-refractivity contribution >= 4 is 10.1 Å². The molecular weight excluding hydrogens is 57.1 g/mol. The zero-order valence-electron chi connectivity index (χ0n) is 6.12. The first-order valence-corrected chi connectivity index (χ1v) is 1.91. The second-order valence-electron chi connectivity index (χ2n) is 1.000. The molecule has 0 saturated heterocycles. The van der Waals surface area contributed by atoms with Gasteiger partial charge in [-0.2, -0.15) is 0 Å². The Kier molecular flexibility index (Phi) is 15.9. The summed E-state index contributed by atoms with van der Waals surface area (Å²) in [4.78, 5) is 0. The first kappa shape index (κ1) is 8.95. The van der Waals surface area contributed by atoms with Gasteiger partial charge in [-0.05, 0) is 0 Å². The molecule has 0 spiro atoms. The van der Waals surface area contributed by atoms with E-state index in [-0.39, 0.29) is 13.0 Å². The van der Waals surface area contributed by atoms with Crippen LogP contribution in [0, 0.1) is 0 Å². The van der Waals surface area contributed by atoms with Crippen LogP contribution in [0.5, 0.6) is 0 Å². The van der Waals surface area contributed by atoms with Gasteiger partial charge in [0.2, 0.25) is 0 Å². The summed E-state index contributed by atoms with van der Waals surface area (Å²) in [5, 5.41) is 0. The second kappa shape index (κ2) is 8.90. The van der Waals surface area contributed by atoms with Crippen LogP contribution in [0.25, 0.3) is 0 Å². The molecule has 0 radical (unpaired) electrons. The third-order valence-corrected chi connectivity index (χ3v) is 0.500. The monoisotopic (exact) mass is 69.1 g/mol. The molecule has 0 aliphatic heterocycles. The molecule has 1 heteroatoms. The largest absolute Gasteiger partial charge is 2.00 e. The van der Waals surface area contributed by atoms with E-state index in [0.29, 0.717) is 0 Å². The minimum Gasteiger partial charge on any atom is -1.00 e. The summed E-state index contributed by atoms with van der Waals surface area (Å²) >= 11 is 0. The van der Waals surface area contributed by atoms with Crippen LogP contribution < -0.4 is 0 Å². The Balaban J connectivity index is -0.0000000150. The van der Waals surface area contributed by atoms with E-state index in [0.717, 1.165) is 0 Å². The molecule has 0 nitrogen and oxygen atoms in total. The summed E-state index contributed by atoms with van der Waals surface area (Å²) in [5.41, 5.74) is 0. The van der Waals surface area contributed by atoms with Crippen LogP contribution in [0.1, 0.15) is 29.5 Å². The predicted octanol–water partition coefficient (Wildman–Crippen LogP) is 1.65. The maximum Gasteiger partial charge on any atom is 2.00 e. The van der Waals surface area contributed by atoms with Gasteiger partial charge in [-0.3, -0.25) is 0 Å². The molecule has 0 fully saturated rings. The molecule has 0 N–H and O–H groups in total. The molecule has 0 atom stereocenters. The Morgan fingerprint density at radius 1 is 1.20 bits per heavy atom. The third-order valence-electron chi connectivity index (χ3n) is 0.500. The standard InChI is InChI=1S/C4H10.Be.2H/c1-3-4-2;;;/h3-4H2,1-2H3;;;/q;+2;2*-1. The summed E-state index contributed by atoms with van der Waals surface area (Å²) in [5.74, 6) is 0. The molecule has 0 aromatic heterocycles. The number of hydrogen-bond donors (Lipinski definition) is 0. The maximum atomic E-state index is 2.18. The van der Waals surface area contributed by atoms with Crippen molar-refractivity contribution in [2.75, 3.05) is 0 Å². The fourth-order valence-corrected chi connectivity index (χ4v) is 0. The van der Waals surface area contributed by atoms with Crippen LogP contribution in [0.15, 0.2) is 0 Å². The zero-order chi connectivity index (χ0) is 3.41. The molecule has 0 aromatic rings. The quantitative estimate of drug-likeness (QED) is 0.411. The molecule has 30 valence electrons. The third kappa shape index (κ3) is 14.4. The second-order valence-corrected chi connectivity index (χ2v) is 1.000. The fourth-order valence-electron chi connectivity index (χ4n) is 0. The molecule has 5 heavy (non-hydrogen) atoms. The van der Waals surface area contributed by atoms with Gasteiger partial charge in [0, 0.05) is 0 Å². The molecule has 0 aromatic carbocycles. The topological polar surface area (TPSA) is 0 Å². The molecule has 0 saturated carbocycles. The minimum atomic E-state index is 0. The predicted molar refractivity (Wildman–Crippen MR) is 28.6 cm³/mol. The van der Waals surface area contributed by atoms with Crippen LogP contribution >= 0.6 is 0 Å². The van der Waals surface area contributed by atoms with E-state index in [9.17, 15) is 0 Å². The summed E-state index contributed by atoms with van der Waals surface area (Å²) in [7, 11) is 0. The summed E-state index contributed by atoms with van der Waals surface area (Å²) in [6.45, 7) is 4.36. The SMILES string of the molecule is CCCC.[Be+2].[H-].[H-]. The van der Waals surface area contributed by atoms with E-state index < -0.39 is 0 Å². The first-order chi connectivity index (χ1) is 1.91.